The summed E-state index contributed by atoms with van der Waals surface area (Å²) in [5.41, 5.74) is 0.998. The van der Waals surface area contributed by atoms with Gasteiger partial charge in [0.05, 0.1) is 5.69 Å². The lowest BCUT2D eigenvalue weighted by Gasteiger charge is -2.43. The van der Waals surface area contributed by atoms with Crippen LogP contribution in [0.5, 0.6) is 0 Å². The zero-order valence-electron chi connectivity index (χ0n) is 11.3. The lowest BCUT2D eigenvalue weighted by atomic mass is 9.97. The third kappa shape index (κ3) is 2.52. The summed E-state index contributed by atoms with van der Waals surface area (Å²) in [7, 11) is 0. The number of benzene rings is 1. The highest BCUT2D eigenvalue weighted by atomic mass is 79.9. The molecule has 1 N–H and O–H groups in total. The van der Waals surface area contributed by atoms with Crippen molar-refractivity contribution in [3.63, 3.8) is 0 Å². The minimum absolute atomic E-state index is 0.0151. The van der Waals surface area contributed by atoms with Gasteiger partial charge >= 0.3 is 0 Å². The van der Waals surface area contributed by atoms with Crippen molar-refractivity contribution in [1.82, 2.24) is 5.32 Å². The second-order valence-electron chi connectivity index (χ2n) is 5.19. The molecule has 0 aromatic heterocycles. The van der Waals surface area contributed by atoms with Gasteiger partial charge in [-0.15, -0.1) is 0 Å². The molecule has 0 saturated carbocycles. The maximum atomic E-state index is 12.0. The zero-order valence-corrected chi connectivity index (χ0v) is 12.9. The van der Waals surface area contributed by atoms with Gasteiger partial charge in [-0.05, 0) is 54.9 Å². The molecule has 4 nitrogen and oxygen atoms in total. The molecule has 0 atom stereocenters. The van der Waals surface area contributed by atoms with Crippen molar-refractivity contribution in [3.8, 4) is 0 Å². The van der Waals surface area contributed by atoms with E-state index in [0.29, 0.717) is 12.1 Å². The van der Waals surface area contributed by atoms with Crippen LogP contribution >= 0.6 is 15.9 Å². The van der Waals surface area contributed by atoms with Crippen LogP contribution in [0.4, 0.5) is 5.69 Å². The second-order valence-corrected chi connectivity index (χ2v) is 6.04. The van der Waals surface area contributed by atoms with Gasteiger partial charge in [-0.1, -0.05) is 0 Å². The molecule has 0 spiro atoms. The number of hydrogen-bond donors (Lipinski definition) is 1. The van der Waals surface area contributed by atoms with Crippen molar-refractivity contribution in [2.75, 3.05) is 18.0 Å². The Bertz CT molecular complexity index is 540. The molecule has 0 unspecified atom stereocenters. The molecule has 102 valence electrons. The molecule has 1 saturated heterocycles. The largest absolute Gasteiger partial charge is 0.355 e. The van der Waals surface area contributed by atoms with E-state index in [1.54, 1.807) is 19.1 Å². The van der Waals surface area contributed by atoms with Crippen LogP contribution in [0, 0.1) is 0 Å². The van der Waals surface area contributed by atoms with Crippen LogP contribution < -0.4 is 10.2 Å². The van der Waals surface area contributed by atoms with E-state index in [9.17, 15) is 9.59 Å². The van der Waals surface area contributed by atoms with E-state index in [0.717, 1.165) is 16.7 Å². The molecule has 1 fully saturated rings. The van der Waals surface area contributed by atoms with Crippen LogP contribution in [0.25, 0.3) is 0 Å². The maximum Gasteiger partial charge on any atom is 0.245 e. The highest BCUT2D eigenvalue weighted by Gasteiger charge is 2.38. The molecule has 1 heterocycles. The quantitative estimate of drug-likeness (QED) is 0.850. The Morgan fingerprint density at radius 3 is 2.68 bits per heavy atom. The number of piperazine rings is 1. The van der Waals surface area contributed by atoms with Crippen LogP contribution in [0.3, 0.4) is 0 Å². The van der Waals surface area contributed by atoms with E-state index in [1.807, 2.05) is 19.9 Å². The van der Waals surface area contributed by atoms with Crippen molar-refractivity contribution >= 4 is 33.3 Å². The summed E-state index contributed by atoms with van der Waals surface area (Å²) < 4.78 is 0.836. The first kappa shape index (κ1) is 14.1. The van der Waals surface area contributed by atoms with Gasteiger partial charge in [0, 0.05) is 23.1 Å². The van der Waals surface area contributed by atoms with Gasteiger partial charge in [-0.3, -0.25) is 9.59 Å². The average molecular weight is 325 g/mol. The Hall–Kier alpha value is -1.36. The van der Waals surface area contributed by atoms with E-state index < -0.39 is 5.54 Å². The maximum absolute atomic E-state index is 12.0. The molecule has 19 heavy (non-hydrogen) atoms. The molecule has 1 aliphatic rings. The molecule has 1 aromatic carbocycles. The molecular formula is C14H17BrN2O2. The van der Waals surface area contributed by atoms with Gasteiger partial charge in [0.1, 0.15) is 5.54 Å². The molecule has 0 bridgehead atoms. The highest BCUT2D eigenvalue weighted by Crippen LogP contribution is 2.33. The predicted molar refractivity (Wildman–Crippen MR) is 78.6 cm³/mol. The third-order valence-corrected chi connectivity index (χ3v) is 4.13. The van der Waals surface area contributed by atoms with Crippen LogP contribution in [0.1, 0.15) is 31.1 Å². The van der Waals surface area contributed by atoms with Crippen molar-refractivity contribution in [3.05, 3.63) is 28.2 Å². The first-order valence-corrected chi connectivity index (χ1v) is 7.00. The number of halogens is 1. The number of ketones is 1. The first-order valence-electron chi connectivity index (χ1n) is 6.20. The fourth-order valence-corrected chi connectivity index (χ4v) is 2.86. The van der Waals surface area contributed by atoms with Crippen molar-refractivity contribution in [1.29, 1.82) is 0 Å². The SMILES string of the molecule is CC(=O)c1ccc(N2CCNC(=O)C2(C)C)c(Br)c1. The van der Waals surface area contributed by atoms with Crippen LogP contribution in [-0.2, 0) is 4.79 Å². The van der Waals surface area contributed by atoms with Gasteiger partial charge in [0.25, 0.3) is 0 Å². The molecule has 1 aliphatic heterocycles. The van der Waals surface area contributed by atoms with Gasteiger partial charge in [0.2, 0.25) is 5.91 Å². The zero-order chi connectivity index (χ0) is 14.2. The van der Waals surface area contributed by atoms with E-state index in [1.165, 1.54) is 0 Å². The summed E-state index contributed by atoms with van der Waals surface area (Å²) in [6.07, 6.45) is 0. The minimum Gasteiger partial charge on any atom is -0.355 e. The Balaban J connectivity index is 2.41. The summed E-state index contributed by atoms with van der Waals surface area (Å²) in [6, 6.07) is 5.49. The number of anilines is 1. The van der Waals surface area contributed by atoms with Crippen LogP contribution in [-0.4, -0.2) is 30.3 Å². The summed E-state index contributed by atoms with van der Waals surface area (Å²) in [6.45, 7) is 6.71. The summed E-state index contributed by atoms with van der Waals surface area (Å²) in [5, 5.41) is 2.87. The number of rotatable bonds is 2. The summed E-state index contributed by atoms with van der Waals surface area (Å²) in [5.74, 6) is 0.0455. The first-order chi connectivity index (χ1) is 8.84. The molecule has 0 aliphatic carbocycles. The highest BCUT2D eigenvalue weighted by molar-refractivity contribution is 9.10. The molecule has 1 amide bonds. The van der Waals surface area contributed by atoms with Crippen molar-refractivity contribution in [2.24, 2.45) is 0 Å². The van der Waals surface area contributed by atoms with Crippen LogP contribution in [0.2, 0.25) is 0 Å². The number of carbonyl (C=O) groups is 2. The average Bonchev–Trinajstić information content (AvgIpc) is 2.33. The summed E-state index contributed by atoms with van der Waals surface area (Å²) in [4.78, 5) is 25.4. The number of nitrogens with zero attached hydrogens (tertiary/aromatic N) is 1. The van der Waals surface area contributed by atoms with Crippen molar-refractivity contribution in [2.45, 2.75) is 26.3 Å². The fraction of sp³-hybridized carbons (Fsp3) is 0.429. The normalized spacial score (nSPS) is 18.1. The Kier molecular flexibility index (Phi) is 3.67. The van der Waals surface area contributed by atoms with E-state index in [2.05, 4.69) is 26.1 Å². The lowest BCUT2D eigenvalue weighted by molar-refractivity contribution is -0.126. The van der Waals surface area contributed by atoms with E-state index >= 15 is 0 Å². The molecule has 0 radical (unpaired) electrons. The smallest absolute Gasteiger partial charge is 0.245 e. The molecular weight excluding hydrogens is 308 g/mol. The molecule has 5 heteroatoms. The Labute approximate surface area is 121 Å². The van der Waals surface area contributed by atoms with Gasteiger partial charge in [-0.25, -0.2) is 0 Å². The molecule has 1 aromatic rings. The monoisotopic (exact) mass is 324 g/mol. The Morgan fingerprint density at radius 2 is 2.11 bits per heavy atom. The number of hydrogen-bond acceptors (Lipinski definition) is 3. The summed E-state index contributed by atoms with van der Waals surface area (Å²) >= 11 is 3.50. The number of carbonyl (C=O) groups excluding carboxylic acids is 2. The molecule has 2 rings (SSSR count). The standard InChI is InChI=1S/C14H17BrN2O2/c1-9(18)10-4-5-12(11(15)8-10)17-7-6-16-13(19)14(17,2)3/h4-5,8H,6-7H2,1-3H3,(H,16,19). The van der Waals surface area contributed by atoms with Crippen molar-refractivity contribution < 1.29 is 9.59 Å². The van der Waals surface area contributed by atoms with E-state index in [4.69, 9.17) is 0 Å². The topological polar surface area (TPSA) is 49.4 Å². The van der Waals surface area contributed by atoms with Crippen LogP contribution in [0.15, 0.2) is 22.7 Å². The van der Waals surface area contributed by atoms with Gasteiger partial charge in [0.15, 0.2) is 5.78 Å². The Morgan fingerprint density at radius 1 is 1.42 bits per heavy atom. The third-order valence-electron chi connectivity index (χ3n) is 3.50. The van der Waals surface area contributed by atoms with Gasteiger partial charge < -0.3 is 10.2 Å². The number of nitrogens with one attached hydrogen (secondary N) is 1. The van der Waals surface area contributed by atoms with E-state index in [-0.39, 0.29) is 11.7 Å². The number of Topliss-reactive ketones (excluding diaryl/α,β-unsaturated/α-hetero) is 1. The fourth-order valence-electron chi connectivity index (χ4n) is 2.27. The lowest BCUT2D eigenvalue weighted by Crippen LogP contribution is -2.62. The van der Waals surface area contributed by atoms with Gasteiger partial charge in [-0.2, -0.15) is 0 Å². The number of amides is 1. The minimum atomic E-state index is -0.599. The predicted octanol–water partition coefficient (Wildman–Crippen LogP) is 2.37. The second kappa shape index (κ2) is 4.96.